The van der Waals surface area contributed by atoms with Crippen LogP contribution in [0.25, 0.3) is 0 Å². The number of amides is 1. The molecule has 0 aromatic rings. The van der Waals surface area contributed by atoms with Crippen molar-refractivity contribution in [2.24, 2.45) is 0 Å². The molecule has 2 saturated heterocycles. The van der Waals surface area contributed by atoms with Crippen molar-refractivity contribution in [3.05, 3.63) is 0 Å². The van der Waals surface area contributed by atoms with E-state index in [1.165, 1.54) is 7.11 Å². The van der Waals surface area contributed by atoms with Crippen molar-refractivity contribution in [3.63, 3.8) is 0 Å². The van der Waals surface area contributed by atoms with Gasteiger partial charge in [0.1, 0.15) is 6.04 Å². The van der Waals surface area contributed by atoms with Gasteiger partial charge in [-0.25, -0.2) is 0 Å². The summed E-state index contributed by atoms with van der Waals surface area (Å²) < 4.78 is 9.94. The highest BCUT2D eigenvalue weighted by molar-refractivity contribution is 5.81. The summed E-state index contributed by atoms with van der Waals surface area (Å²) in [6.07, 6.45) is 1.36. The van der Waals surface area contributed by atoms with Crippen LogP contribution in [-0.4, -0.2) is 73.5 Å². The topological polar surface area (TPSA) is 88.1 Å². The van der Waals surface area contributed by atoms with E-state index in [0.717, 1.165) is 12.8 Å². The lowest BCUT2D eigenvalue weighted by atomic mass is 10.1. The third-order valence-corrected chi connectivity index (χ3v) is 3.79. The van der Waals surface area contributed by atoms with Gasteiger partial charge in [0.15, 0.2) is 0 Å². The number of carbonyl (C=O) groups excluding carboxylic acids is 2. The van der Waals surface area contributed by atoms with Crippen molar-refractivity contribution in [3.8, 4) is 0 Å². The van der Waals surface area contributed by atoms with Crippen molar-refractivity contribution < 1.29 is 24.2 Å². The predicted molar refractivity (Wildman–Crippen MR) is 70.0 cm³/mol. The van der Waals surface area contributed by atoms with Crippen molar-refractivity contribution in [2.75, 3.05) is 33.4 Å². The predicted octanol–water partition coefficient (Wildman–Crippen LogP) is -1.11. The number of β-amino-alcohol motifs (C(OH)–C–C–N with tert-alkyl or cyclic N) is 1. The van der Waals surface area contributed by atoms with E-state index in [9.17, 15) is 14.7 Å². The summed E-state index contributed by atoms with van der Waals surface area (Å²) in [6, 6.07) is -0.393. The first-order chi connectivity index (χ1) is 9.60. The second-order valence-corrected chi connectivity index (χ2v) is 5.31. The van der Waals surface area contributed by atoms with Crippen LogP contribution in [0.2, 0.25) is 0 Å². The van der Waals surface area contributed by atoms with Gasteiger partial charge in [-0.3, -0.25) is 14.5 Å². The molecule has 2 atom stereocenters. The number of nitrogens with one attached hydrogen (secondary N) is 1. The molecule has 2 aliphatic rings. The molecule has 2 rings (SSSR count). The minimum Gasteiger partial charge on any atom is -0.468 e. The Balaban J connectivity index is 1.84. The second-order valence-electron chi connectivity index (χ2n) is 5.31. The molecule has 20 heavy (non-hydrogen) atoms. The summed E-state index contributed by atoms with van der Waals surface area (Å²) in [7, 11) is 1.31. The Kier molecular flexibility index (Phi) is 5.33. The summed E-state index contributed by atoms with van der Waals surface area (Å²) in [5, 5.41) is 12.6. The standard InChI is InChI=1S/C13H22N2O5/c1-19-13(18)11-6-10(16)7-15(11)8-12(17)14-9-2-4-20-5-3-9/h9-11,16H,2-8H2,1H3,(H,14,17). The summed E-state index contributed by atoms with van der Waals surface area (Å²) in [6.45, 7) is 1.76. The first-order valence-electron chi connectivity index (χ1n) is 6.97. The largest absolute Gasteiger partial charge is 0.468 e. The number of methoxy groups -OCH3 is 1. The number of hydrogen-bond donors (Lipinski definition) is 2. The summed E-state index contributed by atoms with van der Waals surface area (Å²) >= 11 is 0. The molecule has 0 bridgehead atoms. The van der Waals surface area contributed by atoms with E-state index in [0.29, 0.717) is 26.2 Å². The van der Waals surface area contributed by atoms with Gasteiger partial charge in [0.05, 0.1) is 19.8 Å². The van der Waals surface area contributed by atoms with Crippen molar-refractivity contribution >= 4 is 11.9 Å². The smallest absolute Gasteiger partial charge is 0.323 e. The van der Waals surface area contributed by atoms with Gasteiger partial charge in [0.2, 0.25) is 5.91 Å². The Morgan fingerprint density at radius 3 is 2.75 bits per heavy atom. The molecule has 2 N–H and O–H groups in total. The lowest BCUT2D eigenvalue weighted by molar-refractivity contribution is -0.146. The Morgan fingerprint density at radius 1 is 1.40 bits per heavy atom. The van der Waals surface area contributed by atoms with Crippen LogP contribution >= 0.6 is 0 Å². The minimum atomic E-state index is -0.588. The van der Waals surface area contributed by atoms with Gasteiger partial charge in [-0.2, -0.15) is 0 Å². The normalized spacial score (nSPS) is 28.3. The molecule has 0 aromatic heterocycles. The van der Waals surface area contributed by atoms with E-state index in [1.54, 1.807) is 4.90 Å². The third-order valence-electron chi connectivity index (χ3n) is 3.79. The molecule has 114 valence electrons. The van der Waals surface area contributed by atoms with E-state index < -0.39 is 18.1 Å². The first-order valence-corrected chi connectivity index (χ1v) is 6.97. The van der Waals surface area contributed by atoms with Crippen LogP contribution in [0.3, 0.4) is 0 Å². The van der Waals surface area contributed by atoms with Crippen LogP contribution in [0, 0.1) is 0 Å². The van der Waals surface area contributed by atoms with E-state index in [1.807, 2.05) is 0 Å². The first kappa shape index (κ1) is 15.2. The fourth-order valence-corrected chi connectivity index (χ4v) is 2.74. The van der Waals surface area contributed by atoms with Crippen molar-refractivity contribution in [1.82, 2.24) is 10.2 Å². The number of esters is 1. The Bertz CT molecular complexity index is 357. The van der Waals surface area contributed by atoms with Gasteiger partial charge < -0.3 is 19.9 Å². The lowest BCUT2D eigenvalue weighted by Crippen LogP contribution is -2.47. The minimum absolute atomic E-state index is 0.105. The van der Waals surface area contributed by atoms with Gasteiger partial charge in [0.25, 0.3) is 0 Å². The fraction of sp³-hybridized carbons (Fsp3) is 0.846. The molecule has 0 aliphatic carbocycles. The molecule has 7 heteroatoms. The average molecular weight is 286 g/mol. The molecule has 2 unspecified atom stereocenters. The number of aliphatic hydroxyl groups excluding tert-OH is 1. The van der Waals surface area contributed by atoms with Gasteiger partial charge in [-0.1, -0.05) is 0 Å². The van der Waals surface area contributed by atoms with Crippen LogP contribution in [0.5, 0.6) is 0 Å². The Hall–Kier alpha value is -1.18. The number of aliphatic hydroxyl groups is 1. The highest BCUT2D eigenvalue weighted by Gasteiger charge is 2.37. The van der Waals surface area contributed by atoms with E-state index in [-0.39, 0.29) is 18.5 Å². The molecule has 2 heterocycles. The number of rotatable bonds is 4. The molecule has 7 nitrogen and oxygen atoms in total. The van der Waals surface area contributed by atoms with E-state index >= 15 is 0 Å². The van der Waals surface area contributed by atoms with Crippen LogP contribution in [0.1, 0.15) is 19.3 Å². The monoisotopic (exact) mass is 286 g/mol. The van der Waals surface area contributed by atoms with Gasteiger partial charge in [-0.05, 0) is 12.8 Å². The lowest BCUT2D eigenvalue weighted by Gasteiger charge is -2.26. The van der Waals surface area contributed by atoms with Crippen LogP contribution in [-0.2, 0) is 19.1 Å². The van der Waals surface area contributed by atoms with Crippen molar-refractivity contribution in [2.45, 2.75) is 37.5 Å². The third kappa shape index (κ3) is 3.91. The molecule has 1 amide bonds. The number of carbonyl (C=O) groups is 2. The molecule has 0 saturated carbocycles. The van der Waals surface area contributed by atoms with Crippen LogP contribution in [0.15, 0.2) is 0 Å². The fourth-order valence-electron chi connectivity index (χ4n) is 2.74. The van der Waals surface area contributed by atoms with E-state index in [4.69, 9.17) is 9.47 Å². The summed E-state index contributed by atoms with van der Waals surface area (Å²) in [5.74, 6) is -0.527. The Morgan fingerprint density at radius 2 is 2.10 bits per heavy atom. The highest BCUT2D eigenvalue weighted by Crippen LogP contribution is 2.18. The maximum Gasteiger partial charge on any atom is 0.323 e. The van der Waals surface area contributed by atoms with Gasteiger partial charge >= 0.3 is 5.97 Å². The maximum absolute atomic E-state index is 12.0. The van der Waals surface area contributed by atoms with Gasteiger partial charge in [-0.15, -0.1) is 0 Å². The molecule has 0 aromatic carbocycles. The zero-order valence-electron chi connectivity index (χ0n) is 11.7. The molecular formula is C13H22N2O5. The number of likely N-dealkylation sites (tertiary alicyclic amines) is 1. The van der Waals surface area contributed by atoms with Crippen LogP contribution in [0.4, 0.5) is 0 Å². The average Bonchev–Trinajstić information content (AvgIpc) is 2.79. The SMILES string of the molecule is COC(=O)C1CC(O)CN1CC(=O)NC1CCOCC1. The maximum atomic E-state index is 12.0. The molecule has 0 radical (unpaired) electrons. The molecule has 0 spiro atoms. The van der Waals surface area contributed by atoms with Crippen molar-refractivity contribution in [1.29, 1.82) is 0 Å². The molecule has 2 fully saturated rings. The Labute approximate surface area is 118 Å². The summed E-state index contributed by atoms with van der Waals surface area (Å²) in [5.41, 5.74) is 0. The zero-order chi connectivity index (χ0) is 14.5. The van der Waals surface area contributed by atoms with E-state index in [2.05, 4.69) is 5.32 Å². The molecular weight excluding hydrogens is 264 g/mol. The van der Waals surface area contributed by atoms with Gasteiger partial charge in [0, 0.05) is 32.2 Å². The zero-order valence-corrected chi connectivity index (χ0v) is 11.7. The highest BCUT2D eigenvalue weighted by atomic mass is 16.5. The summed E-state index contributed by atoms with van der Waals surface area (Å²) in [4.78, 5) is 25.3. The quantitative estimate of drug-likeness (QED) is 0.637. The number of ether oxygens (including phenoxy) is 2. The van der Waals surface area contributed by atoms with Crippen LogP contribution < -0.4 is 5.32 Å². The number of nitrogens with zero attached hydrogens (tertiary/aromatic N) is 1. The number of hydrogen-bond acceptors (Lipinski definition) is 6. The molecule has 2 aliphatic heterocycles. The second kappa shape index (κ2) is 7.01.